The lowest BCUT2D eigenvalue weighted by atomic mass is 10.1. The second-order valence-electron chi connectivity index (χ2n) is 17.4. The van der Waals surface area contributed by atoms with E-state index in [0.717, 1.165) is 83.5 Å². The molecule has 0 rings (SSSR count). The summed E-state index contributed by atoms with van der Waals surface area (Å²) in [6.45, 7) is 6.59. The van der Waals surface area contributed by atoms with Gasteiger partial charge in [0.1, 0.15) is 13.2 Å². The number of rotatable bonds is 47. The highest BCUT2D eigenvalue weighted by molar-refractivity contribution is 5.71. The Kier molecular flexibility index (Phi) is 47.3. The third-order valence-electron chi connectivity index (χ3n) is 11.3. The van der Waals surface area contributed by atoms with Crippen molar-refractivity contribution in [2.75, 3.05) is 13.2 Å². The number of unbranched alkanes of at least 4 members (excludes halogenated alkanes) is 30. The second kappa shape index (κ2) is 49.3. The molecule has 1 unspecified atom stereocenters. The van der Waals surface area contributed by atoms with Crippen LogP contribution in [0.1, 0.15) is 271 Å². The maximum absolute atomic E-state index is 12.8. The van der Waals surface area contributed by atoms with E-state index in [1.54, 1.807) is 0 Å². The summed E-state index contributed by atoms with van der Waals surface area (Å²) >= 11 is 0. The lowest BCUT2D eigenvalue weighted by Crippen LogP contribution is -2.30. The van der Waals surface area contributed by atoms with E-state index in [1.807, 2.05) is 0 Å². The van der Waals surface area contributed by atoms with Gasteiger partial charge in [-0.05, 0) is 96.3 Å². The third-order valence-corrected chi connectivity index (χ3v) is 11.3. The maximum atomic E-state index is 12.8. The number of esters is 3. The highest BCUT2D eigenvalue weighted by atomic mass is 16.6. The van der Waals surface area contributed by atoms with E-state index in [4.69, 9.17) is 14.2 Å². The highest BCUT2D eigenvalue weighted by Crippen LogP contribution is 2.14. The molecule has 0 spiro atoms. The minimum atomic E-state index is -0.783. The Labute approximate surface area is 372 Å². The van der Waals surface area contributed by atoms with Crippen LogP contribution in [0, 0.1) is 0 Å². The molecule has 0 radical (unpaired) electrons. The average Bonchev–Trinajstić information content (AvgIpc) is 3.24. The number of hydrogen-bond donors (Lipinski definition) is 0. The van der Waals surface area contributed by atoms with Crippen molar-refractivity contribution in [3.63, 3.8) is 0 Å². The van der Waals surface area contributed by atoms with Crippen LogP contribution in [0.3, 0.4) is 0 Å². The van der Waals surface area contributed by atoms with E-state index in [0.29, 0.717) is 19.3 Å². The quantitative estimate of drug-likeness (QED) is 0.0263. The maximum Gasteiger partial charge on any atom is 0.306 e. The fourth-order valence-corrected chi connectivity index (χ4v) is 7.37. The molecule has 0 aliphatic rings. The second-order valence-corrected chi connectivity index (χ2v) is 17.4. The molecule has 0 bridgehead atoms. The van der Waals surface area contributed by atoms with Crippen LogP contribution in [-0.4, -0.2) is 37.2 Å². The molecule has 0 aromatic carbocycles. The molecule has 0 saturated heterocycles. The average molecular weight is 843 g/mol. The van der Waals surface area contributed by atoms with Gasteiger partial charge in [0.05, 0.1) is 0 Å². The summed E-state index contributed by atoms with van der Waals surface area (Å²) in [6.07, 6.45) is 57.0. The van der Waals surface area contributed by atoms with E-state index in [9.17, 15) is 14.4 Å². The molecule has 0 fully saturated rings. The molecule has 0 heterocycles. The first kappa shape index (κ1) is 57.6. The Balaban J connectivity index is 4.39. The van der Waals surface area contributed by atoms with Gasteiger partial charge >= 0.3 is 17.9 Å². The molecule has 0 aliphatic carbocycles. The standard InChI is InChI=1S/C54H98O6/c1-4-7-10-13-16-19-22-25-27-28-30-32-35-38-41-44-47-53(56)59-50-51(49-58-52(55)46-43-40-37-34-31-24-21-18-15-12-9-6-3)60-54(57)48-45-42-39-36-33-29-26-23-20-17-14-11-8-5-2/h18,21,27-29,33,51H,4-17,19-20,22-26,30-32,34-50H2,1-3H3/b21-18-,28-27-,33-29-. The normalized spacial score (nSPS) is 12.2. The van der Waals surface area contributed by atoms with Gasteiger partial charge in [0.15, 0.2) is 6.10 Å². The van der Waals surface area contributed by atoms with Crippen LogP contribution in [0.5, 0.6) is 0 Å². The summed E-state index contributed by atoms with van der Waals surface area (Å²) in [6, 6.07) is 0. The summed E-state index contributed by atoms with van der Waals surface area (Å²) < 4.78 is 16.8. The Hall–Kier alpha value is -2.37. The van der Waals surface area contributed by atoms with Crippen molar-refractivity contribution < 1.29 is 28.6 Å². The molecular weight excluding hydrogens is 745 g/mol. The van der Waals surface area contributed by atoms with Crippen molar-refractivity contribution in [1.82, 2.24) is 0 Å². The molecule has 60 heavy (non-hydrogen) atoms. The predicted molar refractivity (Wildman–Crippen MR) is 256 cm³/mol. The van der Waals surface area contributed by atoms with Crippen molar-refractivity contribution in [3.8, 4) is 0 Å². The predicted octanol–water partition coefficient (Wildman–Crippen LogP) is 16.9. The minimum Gasteiger partial charge on any atom is -0.462 e. The summed E-state index contributed by atoms with van der Waals surface area (Å²) in [4.78, 5) is 37.9. The fraction of sp³-hybridized carbons (Fsp3) is 0.833. The zero-order valence-electron chi connectivity index (χ0n) is 40.0. The van der Waals surface area contributed by atoms with Crippen LogP contribution >= 0.6 is 0 Å². The molecule has 1 atom stereocenters. The van der Waals surface area contributed by atoms with E-state index in [2.05, 4.69) is 57.2 Å². The topological polar surface area (TPSA) is 78.9 Å². The SMILES string of the molecule is CCCCC/C=C\CCCCCCCC(=O)OCC(COC(=O)CCCCCCC/C=C\CCCCCCCCC)OC(=O)CCCCC/C=C\CCCCCCCCC. The molecule has 0 saturated carbocycles. The number of ether oxygens (including phenoxy) is 3. The highest BCUT2D eigenvalue weighted by Gasteiger charge is 2.19. The van der Waals surface area contributed by atoms with E-state index < -0.39 is 6.10 Å². The summed E-state index contributed by atoms with van der Waals surface area (Å²) in [5.41, 5.74) is 0. The van der Waals surface area contributed by atoms with Crippen LogP contribution < -0.4 is 0 Å². The molecule has 0 N–H and O–H groups in total. The van der Waals surface area contributed by atoms with Gasteiger partial charge in [-0.15, -0.1) is 0 Å². The van der Waals surface area contributed by atoms with Crippen molar-refractivity contribution in [1.29, 1.82) is 0 Å². The molecule has 0 amide bonds. The van der Waals surface area contributed by atoms with Gasteiger partial charge in [-0.25, -0.2) is 0 Å². The molecule has 0 aromatic heterocycles. The lowest BCUT2D eigenvalue weighted by Gasteiger charge is -2.18. The summed E-state index contributed by atoms with van der Waals surface area (Å²) in [7, 11) is 0. The fourth-order valence-electron chi connectivity index (χ4n) is 7.37. The van der Waals surface area contributed by atoms with Crippen LogP contribution in [0.2, 0.25) is 0 Å². The summed E-state index contributed by atoms with van der Waals surface area (Å²) in [5.74, 6) is -0.909. The Morgan fingerprint density at radius 1 is 0.317 bits per heavy atom. The zero-order valence-corrected chi connectivity index (χ0v) is 40.0. The number of carbonyl (C=O) groups excluding carboxylic acids is 3. The van der Waals surface area contributed by atoms with Gasteiger partial charge < -0.3 is 14.2 Å². The van der Waals surface area contributed by atoms with Crippen molar-refractivity contribution in [3.05, 3.63) is 36.5 Å². The minimum absolute atomic E-state index is 0.0837. The summed E-state index contributed by atoms with van der Waals surface area (Å²) in [5, 5.41) is 0. The van der Waals surface area contributed by atoms with Crippen LogP contribution in [0.4, 0.5) is 0 Å². The molecule has 6 nitrogen and oxygen atoms in total. The van der Waals surface area contributed by atoms with Crippen molar-refractivity contribution in [2.45, 2.75) is 277 Å². The molecule has 350 valence electrons. The number of carbonyl (C=O) groups is 3. The van der Waals surface area contributed by atoms with Crippen LogP contribution in [-0.2, 0) is 28.6 Å². The van der Waals surface area contributed by atoms with Gasteiger partial charge in [0, 0.05) is 19.3 Å². The van der Waals surface area contributed by atoms with Gasteiger partial charge in [-0.1, -0.05) is 192 Å². The van der Waals surface area contributed by atoms with Gasteiger partial charge in [0.2, 0.25) is 0 Å². The number of hydrogen-bond acceptors (Lipinski definition) is 6. The molecular formula is C54H98O6. The monoisotopic (exact) mass is 843 g/mol. The van der Waals surface area contributed by atoms with Crippen LogP contribution in [0.25, 0.3) is 0 Å². The largest absolute Gasteiger partial charge is 0.462 e. The third kappa shape index (κ3) is 46.7. The van der Waals surface area contributed by atoms with Crippen molar-refractivity contribution in [2.24, 2.45) is 0 Å². The van der Waals surface area contributed by atoms with E-state index in [1.165, 1.54) is 148 Å². The zero-order chi connectivity index (χ0) is 43.7. The van der Waals surface area contributed by atoms with E-state index in [-0.39, 0.29) is 31.1 Å². The smallest absolute Gasteiger partial charge is 0.306 e. The lowest BCUT2D eigenvalue weighted by molar-refractivity contribution is -0.167. The molecule has 0 aromatic rings. The number of allylic oxidation sites excluding steroid dienone is 6. The first-order valence-corrected chi connectivity index (χ1v) is 26.0. The first-order chi connectivity index (χ1) is 29.5. The van der Waals surface area contributed by atoms with Gasteiger partial charge in [0.25, 0.3) is 0 Å². The first-order valence-electron chi connectivity index (χ1n) is 26.0. The Morgan fingerprint density at radius 3 is 0.883 bits per heavy atom. The Bertz CT molecular complexity index is 1020. The molecule has 6 heteroatoms. The molecule has 0 aliphatic heterocycles. The van der Waals surface area contributed by atoms with Gasteiger partial charge in [-0.2, -0.15) is 0 Å². The van der Waals surface area contributed by atoms with Crippen LogP contribution in [0.15, 0.2) is 36.5 Å². The Morgan fingerprint density at radius 2 is 0.550 bits per heavy atom. The van der Waals surface area contributed by atoms with Crippen molar-refractivity contribution >= 4 is 17.9 Å². The van der Waals surface area contributed by atoms with E-state index >= 15 is 0 Å². The van der Waals surface area contributed by atoms with Gasteiger partial charge in [-0.3, -0.25) is 14.4 Å².